The number of carboxylic acids is 1. The molecule has 10 heteroatoms. The summed E-state index contributed by atoms with van der Waals surface area (Å²) in [6.45, 7) is 0. The molecule has 0 spiro atoms. The Balaban J connectivity index is 1.43. The van der Waals surface area contributed by atoms with Gasteiger partial charge in [0, 0.05) is 18.4 Å². The van der Waals surface area contributed by atoms with Gasteiger partial charge in [-0.2, -0.15) is 8.42 Å². The first kappa shape index (κ1) is 22.3. The van der Waals surface area contributed by atoms with Crippen molar-refractivity contribution in [2.45, 2.75) is 18.9 Å². The molecule has 170 valence electrons. The third-order valence-electron chi connectivity index (χ3n) is 5.17. The lowest BCUT2D eigenvalue weighted by Crippen LogP contribution is -2.43. The Hall–Kier alpha value is -3.89. The lowest BCUT2D eigenvalue weighted by molar-refractivity contribution is -0.139. The van der Waals surface area contributed by atoms with E-state index >= 15 is 0 Å². The van der Waals surface area contributed by atoms with Crippen LogP contribution < -0.4 is 14.2 Å². The van der Waals surface area contributed by atoms with Gasteiger partial charge in [-0.3, -0.25) is 4.55 Å². The van der Waals surface area contributed by atoms with Gasteiger partial charge < -0.3 is 19.3 Å². The van der Waals surface area contributed by atoms with Crippen molar-refractivity contribution in [1.29, 1.82) is 0 Å². The van der Waals surface area contributed by atoms with Crippen molar-refractivity contribution in [3.63, 3.8) is 0 Å². The van der Waals surface area contributed by atoms with Gasteiger partial charge in [0.1, 0.15) is 17.5 Å². The molecule has 33 heavy (non-hydrogen) atoms. The van der Waals surface area contributed by atoms with E-state index in [1.54, 1.807) is 12.1 Å². The van der Waals surface area contributed by atoms with Crippen LogP contribution in [0.15, 0.2) is 66.7 Å². The largest absolute Gasteiger partial charge is 0.480 e. The predicted molar refractivity (Wildman–Crippen MR) is 118 cm³/mol. The molecule has 0 aromatic heterocycles. The number of benzene rings is 3. The zero-order valence-electron chi connectivity index (χ0n) is 17.1. The highest BCUT2D eigenvalue weighted by atomic mass is 32.3. The lowest BCUT2D eigenvalue weighted by Gasteiger charge is -2.16. The van der Waals surface area contributed by atoms with Crippen molar-refractivity contribution < 1.29 is 36.6 Å². The van der Waals surface area contributed by atoms with Crippen molar-refractivity contribution in [3.05, 3.63) is 83.4 Å². The number of ether oxygens (including phenoxy) is 1. The molecule has 3 aromatic rings. The van der Waals surface area contributed by atoms with Crippen LogP contribution in [0, 0.1) is 0 Å². The molecule has 4 rings (SSSR count). The van der Waals surface area contributed by atoms with Crippen LogP contribution in [0.1, 0.15) is 16.7 Å². The smallest absolute Gasteiger partial charge is 0.446 e. The number of amides is 1. The average Bonchev–Trinajstić information content (AvgIpc) is 3.13. The minimum atomic E-state index is -4.66. The number of hydrogen-bond donors (Lipinski definition) is 3. The summed E-state index contributed by atoms with van der Waals surface area (Å²) in [5, 5.41) is 11.9. The molecule has 1 amide bonds. The summed E-state index contributed by atoms with van der Waals surface area (Å²) in [7, 11) is -4.66. The molecule has 1 aliphatic carbocycles. The van der Waals surface area contributed by atoms with E-state index in [0.717, 1.165) is 22.3 Å². The number of carboxylic acid groups (broad SMARTS) is 1. The summed E-state index contributed by atoms with van der Waals surface area (Å²) < 4.78 is 40.0. The van der Waals surface area contributed by atoms with Gasteiger partial charge in [-0.1, -0.05) is 48.5 Å². The molecule has 3 aromatic carbocycles. The van der Waals surface area contributed by atoms with Crippen LogP contribution in [0.3, 0.4) is 0 Å². The first-order valence-corrected chi connectivity index (χ1v) is 11.2. The van der Waals surface area contributed by atoms with Crippen LogP contribution in [0.25, 0.3) is 11.1 Å². The van der Waals surface area contributed by atoms with E-state index < -0.39 is 28.5 Å². The third kappa shape index (κ3) is 5.30. The monoisotopic (exact) mass is 469 g/mol. The van der Waals surface area contributed by atoms with Crippen molar-refractivity contribution in [2.24, 2.45) is 0 Å². The summed E-state index contributed by atoms with van der Waals surface area (Å²) in [5.41, 5.74) is 4.51. The minimum Gasteiger partial charge on any atom is -0.480 e. The number of rotatable bonds is 7. The first-order valence-electron chi connectivity index (χ1n) is 9.87. The molecule has 9 nitrogen and oxygen atoms in total. The molecule has 3 N–H and O–H groups in total. The van der Waals surface area contributed by atoms with Crippen LogP contribution >= 0.6 is 0 Å². The zero-order chi connectivity index (χ0) is 23.6. The van der Waals surface area contributed by atoms with Crippen molar-refractivity contribution >= 4 is 22.5 Å². The Morgan fingerprint density at radius 3 is 2.36 bits per heavy atom. The van der Waals surface area contributed by atoms with Crippen LogP contribution in [0.4, 0.5) is 4.79 Å². The van der Waals surface area contributed by atoms with Gasteiger partial charge in [0.2, 0.25) is 0 Å². The molecular weight excluding hydrogens is 450 g/mol. The molecule has 1 aliphatic rings. The van der Waals surface area contributed by atoms with Gasteiger partial charge in [0.05, 0.1) is 0 Å². The van der Waals surface area contributed by atoms with E-state index in [9.17, 15) is 23.1 Å². The summed E-state index contributed by atoms with van der Waals surface area (Å²) in [5.74, 6) is -1.05. The number of carbonyl (C=O) groups is 2. The molecule has 0 saturated heterocycles. The summed E-state index contributed by atoms with van der Waals surface area (Å²) in [4.78, 5) is 24.2. The number of aliphatic carboxylic acids is 1. The molecule has 0 heterocycles. The standard InChI is InChI=1S/C23H19NO8S/c25-22(26)20(12-14-8-10-16(11-9-14)32-33(28,29)30)24-23(27)31-21-7-3-6-18-17-5-2-1-4-15(17)13-19(18)21/h1-11,20H,12-13H2,(H,24,27)(H,25,26)(H,28,29,30)/t20-/m0/s1. The number of carbonyl (C=O) groups excluding carboxylic acids is 1. The molecule has 0 saturated carbocycles. The average molecular weight is 469 g/mol. The van der Waals surface area contributed by atoms with Gasteiger partial charge >= 0.3 is 22.5 Å². The fourth-order valence-corrected chi connectivity index (χ4v) is 4.09. The van der Waals surface area contributed by atoms with Crippen LogP contribution in [0.2, 0.25) is 0 Å². The van der Waals surface area contributed by atoms with E-state index in [4.69, 9.17) is 9.29 Å². The quantitative estimate of drug-likeness (QED) is 0.351. The van der Waals surface area contributed by atoms with Crippen LogP contribution in [-0.2, 0) is 28.0 Å². The van der Waals surface area contributed by atoms with Gasteiger partial charge in [0.15, 0.2) is 0 Å². The Morgan fingerprint density at radius 1 is 0.970 bits per heavy atom. The summed E-state index contributed by atoms with van der Waals surface area (Å²) in [6, 6.07) is 17.3. The number of nitrogens with one attached hydrogen (secondary N) is 1. The normalized spacial score (nSPS) is 12.9. The van der Waals surface area contributed by atoms with E-state index in [1.165, 1.54) is 24.3 Å². The zero-order valence-corrected chi connectivity index (χ0v) is 17.9. The highest BCUT2D eigenvalue weighted by Crippen LogP contribution is 2.40. The highest BCUT2D eigenvalue weighted by Gasteiger charge is 2.25. The maximum absolute atomic E-state index is 12.5. The molecule has 0 unspecified atom stereocenters. The summed E-state index contributed by atoms with van der Waals surface area (Å²) >= 11 is 0. The fourth-order valence-electron chi connectivity index (χ4n) is 3.73. The lowest BCUT2D eigenvalue weighted by atomic mass is 10.1. The number of hydrogen-bond acceptors (Lipinski definition) is 6. The first-order chi connectivity index (χ1) is 15.7. The molecule has 0 bridgehead atoms. The van der Waals surface area contributed by atoms with Crippen LogP contribution in [0.5, 0.6) is 11.5 Å². The second-order valence-electron chi connectivity index (χ2n) is 7.40. The summed E-state index contributed by atoms with van der Waals surface area (Å²) in [6.07, 6.45) is -0.386. The SMILES string of the molecule is O=C(N[C@@H](Cc1ccc(OS(=O)(=O)O)cc1)C(=O)O)Oc1cccc2c1Cc1ccccc1-2. The maximum atomic E-state index is 12.5. The highest BCUT2D eigenvalue weighted by molar-refractivity contribution is 7.81. The van der Waals surface area contributed by atoms with Gasteiger partial charge in [-0.15, -0.1) is 0 Å². The Bertz CT molecular complexity index is 1320. The van der Waals surface area contributed by atoms with Crippen molar-refractivity contribution in [1.82, 2.24) is 5.32 Å². The van der Waals surface area contributed by atoms with E-state index in [-0.39, 0.29) is 12.2 Å². The van der Waals surface area contributed by atoms with Gasteiger partial charge in [-0.25, -0.2) is 9.59 Å². The molecule has 0 fully saturated rings. The van der Waals surface area contributed by atoms with E-state index in [0.29, 0.717) is 17.7 Å². The predicted octanol–water partition coefficient (Wildman–Crippen LogP) is 3.22. The Morgan fingerprint density at radius 2 is 1.67 bits per heavy atom. The Labute approximate surface area is 189 Å². The van der Waals surface area contributed by atoms with E-state index in [2.05, 4.69) is 9.50 Å². The van der Waals surface area contributed by atoms with Crippen molar-refractivity contribution in [3.8, 4) is 22.6 Å². The molecule has 0 aliphatic heterocycles. The molecular formula is C23H19NO8S. The Kier molecular flexibility index (Phi) is 6.03. The minimum absolute atomic E-state index is 0.0884. The topological polar surface area (TPSA) is 139 Å². The van der Waals surface area contributed by atoms with Gasteiger partial charge in [-0.05, 0) is 40.5 Å². The maximum Gasteiger partial charge on any atom is 0.446 e. The van der Waals surface area contributed by atoms with Crippen molar-refractivity contribution in [2.75, 3.05) is 0 Å². The fraction of sp³-hybridized carbons (Fsp3) is 0.130. The second kappa shape index (κ2) is 8.93. The number of fused-ring (bicyclic) bond motifs is 3. The van der Waals surface area contributed by atoms with Gasteiger partial charge in [0.25, 0.3) is 0 Å². The molecule has 1 atom stereocenters. The third-order valence-corrected chi connectivity index (χ3v) is 5.57. The van der Waals surface area contributed by atoms with E-state index in [1.807, 2.05) is 30.3 Å². The second-order valence-corrected chi connectivity index (χ2v) is 8.42. The molecule has 0 radical (unpaired) electrons. The van der Waals surface area contributed by atoms with Crippen LogP contribution in [-0.4, -0.2) is 36.2 Å².